The number of rotatable bonds is 2. The fourth-order valence-corrected chi connectivity index (χ4v) is 1.01. The van der Waals surface area contributed by atoms with Gasteiger partial charge in [-0.05, 0) is 25.0 Å². The first-order chi connectivity index (χ1) is 5.70. The lowest BCUT2D eigenvalue weighted by atomic mass is 10.1. The minimum Gasteiger partial charge on any atom is -0.508 e. The number of hydrogen-bond acceptors (Lipinski definition) is 1. The van der Waals surface area contributed by atoms with E-state index in [1.807, 2.05) is 25.1 Å². The zero-order valence-corrected chi connectivity index (χ0v) is 7.67. The van der Waals surface area contributed by atoms with Gasteiger partial charge >= 0.3 is 0 Å². The van der Waals surface area contributed by atoms with Crippen molar-refractivity contribution < 1.29 is 5.11 Å². The van der Waals surface area contributed by atoms with Crippen LogP contribution < -0.4 is 0 Å². The van der Waals surface area contributed by atoms with Gasteiger partial charge in [0.1, 0.15) is 5.75 Å². The second-order valence-electron chi connectivity index (χ2n) is 2.62. The number of halogens is 1. The molecule has 1 aromatic carbocycles. The minimum absolute atomic E-state index is 0.326. The maximum absolute atomic E-state index is 9.35. The van der Waals surface area contributed by atoms with E-state index in [0.29, 0.717) is 12.2 Å². The molecular weight excluding hydrogens is 172 g/mol. The van der Waals surface area contributed by atoms with E-state index in [1.54, 1.807) is 12.1 Å². The summed E-state index contributed by atoms with van der Waals surface area (Å²) in [6, 6.07) is 7.25. The molecule has 1 N–H and O–H groups in total. The van der Waals surface area contributed by atoms with E-state index < -0.39 is 0 Å². The predicted octanol–water partition coefficient (Wildman–Crippen LogP) is 3.08. The Kier molecular flexibility index (Phi) is 3.18. The molecule has 0 spiro atoms. The van der Waals surface area contributed by atoms with Crippen molar-refractivity contribution in [2.24, 2.45) is 0 Å². The highest BCUT2D eigenvalue weighted by molar-refractivity contribution is 6.29. The molecule has 0 aliphatic rings. The summed E-state index contributed by atoms with van der Waals surface area (Å²) in [5.41, 5.74) is 0.900. The predicted molar refractivity (Wildman–Crippen MR) is 51.4 cm³/mol. The first kappa shape index (κ1) is 9.14. The molecule has 0 aliphatic heterocycles. The number of allylic oxidation sites excluding steroid dienone is 2. The van der Waals surface area contributed by atoms with Gasteiger partial charge < -0.3 is 5.11 Å². The standard InChI is InChI=1S/C10H11ClO/c1-8(11)6-7-9-4-2-3-5-10(9)12/h2-6,12H,7H2,1H3/b8-6+. The van der Waals surface area contributed by atoms with E-state index in [2.05, 4.69) is 0 Å². The SMILES string of the molecule is C/C(Cl)=C\Cc1ccccc1O. The molecule has 0 heterocycles. The third kappa shape index (κ3) is 2.59. The van der Waals surface area contributed by atoms with Crippen LogP contribution in [0, 0.1) is 0 Å². The Bertz CT molecular complexity index is 288. The van der Waals surface area contributed by atoms with Crippen molar-refractivity contribution >= 4 is 11.6 Å². The third-order valence-electron chi connectivity index (χ3n) is 1.59. The molecule has 0 saturated carbocycles. The van der Waals surface area contributed by atoms with Crippen LogP contribution in [0.1, 0.15) is 12.5 Å². The molecule has 64 valence electrons. The Morgan fingerprint density at radius 1 is 1.50 bits per heavy atom. The number of phenolic OH excluding ortho intramolecular Hbond substituents is 1. The van der Waals surface area contributed by atoms with E-state index in [9.17, 15) is 5.11 Å². The first-order valence-corrected chi connectivity index (χ1v) is 4.17. The minimum atomic E-state index is 0.326. The average Bonchev–Trinajstić information content (AvgIpc) is 2.03. The van der Waals surface area contributed by atoms with Crippen LogP contribution >= 0.6 is 11.6 Å². The summed E-state index contributed by atoms with van der Waals surface area (Å²) in [6.45, 7) is 1.82. The topological polar surface area (TPSA) is 20.2 Å². The molecule has 0 saturated heterocycles. The number of hydrogen-bond donors (Lipinski definition) is 1. The van der Waals surface area contributed by atoms with Crippen LogP contribution in [0.15, 0.2) is 35.4 Å². The monoisotopic (exact) mass is 182 g/mol. The molecule has 1 aromatic rings. The normalized spacial score (nSPS) is 11.7. The third-order valence-corrected chi connectivity index (χ3v) is 1.75. The maximum Gasteiger partial charge on any atom is 0.119 e. The second-order valence-corrected chi connectivity index (χ2v) is 3.22. The molecule has 0 radical (unpaired) electrons. The molecular formula is C10H11ClO. The van der Waals surface area contributed by atoms with Gasteiger partial charge in [-0.15, -0.1) is 0 Å². The van der Waals surface area contributed by atoms with E-state index in [4.69, 9.17) is 11.6 Å². The van der Waals surface area contributed by atoms with Crippen LogP contribution in [0.5, 0.6) is 5.75 Å². The van der Waals surface area contributed by atoms with Crippen molar-refractivity contribution in [2.45, 2.75) is 13.3 Å². The van der Waals surface area contributed by atoms with Crippen LogP contribution in [-0.4, -0.2) is 5.11 Å². The molecule has 0 unspecified atom stereocenters. The molecule has 1 rings (SSSR count). The highest BCUT2D eigenvalue weighted by atomic mass is 35.5. The molecule has 0 aliphatic carbocycles. The summed E-state index contributed by atoms with van der Waals surface area (Å²) in [6.07, 6.45) is 2.55. The molecule has 1 nitrogen and oxygen atoms in total. The molecule has 0 amide bonds. The van der Waals surface area contributed by atoms with Crippen molar-refractivity contribution in [1.29, 1.82) is 0 Å². The van der Waals surface area contributed by atoms with Gasteiger partial charge in [0.2, 0.25) is 0 Å². The van der Waals surface area contributed by atoms with Gasteiger partial charge in [0.05, 0.1) is 0 Å². The van der Waals surface area contributed by atoms with Crippen LogP contribution in [0.3, 0.4) is 0 Å². The van der Waals surface area contributed by atoms with Crippen molar-refractivity contribution in [3.05, 3.63) is 40.9 Å². The average molecular weight is 183 g/mol. The van der Waals surface area contributed by atoms with Gasteiger partial charge in [0, 0.05) is 5.03 Å². The summed E-state index contributed by atoms with van der Waals surface area (Å²) in [5.74, 6) is 0.326. The van der Waals surface area contributed by atoms with Gasteiger partial charge in [0.15, 0.2) is 0 Å². The molecule has 2 heteroatoms. The second kappa shape index (κ2) is 4.17. The van der Waals surface area contributed by atoms with Crippen molar-refractivity contribution in [3.63, 3.8) is 0 Å². The quantitative estimate of drug-likeness (QED) is 0.746. The molecule has 12 heavy (non-hydrogen) atoms. The smallest absolute Gasteiger partial charge is 0.119 e. The van der Waals surface area contributed by atoms with Gasteiger partial charge in [0.25, 0.3) is 0 Å². The number of para-hydroxylation sites is 1. The number of benzene rings is 1. The Morgan fingerprint density at radius 3 is 2.75 bits per heavy atom. The van der Waals surface area contributed by atoms with Crippen LogP contribution in [0.25, 0.3) is 0 Å². The Labute approximate surface area is 77.3 Å². The highest BCUT2D eigenvalue weighted by Crippen LogP contribution is 2.17. The Balaban J connectivity index is 2.76. The fraction of sp³-hybridized carbons (Fsp3) is 0.200. The largest absolute Gasteiger partial charge is 0.508 e. The summed E-state index contributed by atoms with van der Waals surface area (Å²) in [7, 11) is 0. The lowest BCUT2D eigenvalue weighted by Gasteiger charge is -1.99. The van der Waals surface area contributed by atoms with Gasteiger partial charge in [-0.3, -0.25) is 0 Å². The van der Waals surface area contributed by atoms with E-state index >= 15 is 0 Å². The summed E-state index contributed by atoms with van der Waals surface area (Å²) < 4.78 is 0. The van der Waals surface area contributed by atoms with E-state index in [1.165, 1.54) is 0 Å². The van der Waals surface area contributed by atoms with Crippen molar-refractivity contribution in [3.8, 4) is 5.75 Å². The summed E-state index contributed by atoms with van der Waals surface area (Å²) >= 11 is 5.66. The van der Waals surface area contributed by atoms with Gasteiger partial charge in [-0.2, -0.15) is 0 Å². The Hall–Kier alpha value is -0.950. The van der Waals surface area contributed by atoms with Crippen molar-refractivity contribution in [2.75, 3.05) is 0 Å². The first-order valence-electron chi connectivity index (χ1n) is 3.79. The lowest BCUT2D eigenvalue weighted by Crippen LogP contribution is -1.81. The number of phenols is 1. The van der Waals surface area contributed by atoms with Crippen molar-refractivity contribution in [1.82, 2.24) is 0 Å². The van der Waals surface area contributed by atoms with E-state index in [0.717, 1.165) is 10.6 Å². The summed E-state index contributed by atoms with van der Waals surface area (Å²) in [5, 5.41) is 10.1. The van der Waals surface area contributed by atoms with Crippen LogP contribution in [0.2, 0.25) is 0 Å². The number of aromatic hydroxyl groups is 1. The van der Waals surface area contributed by atoms with Crippen LogP contribution in [-0.2, 0) is 6.42 Å². The van der Waals surface area contributed by atoms with E-state index in [-0.39, 0.29) is 0 Å². The lowest BCUT2D eigenvalue weighted by molar-refractivity contribution is 0.469. The highest BCUT2D eigenvalue weighted by Gasteiger charge is 1.95. The zero-order valence-electron chi connectivity index (χ0n) is 6.92. The fourth-order valence-electron chi connectivity index (χ4n) is 0.934. The Morgan fingerprint density at radius 2 is 2.17 bits per heavy atom. The molecule has 0 bridgehead atoms. The zero-order chi connectivity index (χ0) is 8.97. The van der Waals surface area contributed by atoms with Gasteiger partial charge in [-0.25, -0.2) is 0 Å². The molecule has 0 aromatic heterocycles. The van der Waals surface area contributed by atoms with Gasteiger partial charge in [-0.1, -0.05) is 35.9 Å². The molecule has 0 fully saturated rings. The maximum atomic E-state index is 9.35. The summed E-state index contributed by atoms with van der Waals surface area (Å²) in [4.78, 5) is 0. The molecule has 0 atom stereocenters. The van der Waals surface area contributed by atoms with Crippen LogP contribution in [0.4, 0.5) is 0 Å².